The monoisotopic (exact) mass is 332 g/mol. The Morgan fingerprint density at radius 1 is 1.21 bits per heavy atom. The van der Waals surface area contributed by atoms with E-state index in [1.54, 1.807) is 0 Å². The number of carbonyl (C=O) groups is 2. The smallest absolute Gasteiger partial charge is 0.313 e. The molecule has 3 N–H and O–H groups in total. The molecule has 0 spiro atoms. The van der Waals surface area contributed by atoms with Crippen molar-refractivity contribution in [3.63, 3.8) is 0 Å². The molecule has 1 aromatic rings. The number of anilines is 1. The van der Waals surface area contributed by atoms with E-state index >= 15 is 0 Å². The third kappa shape index (κ3) is 4.57. The van der Waals surface area contributed by atoms with Crippen molar-refractivity contribution >= 4 is 17.5 Å². The Morgan fingerprint density at radius 2 is 1.88 bits per heavy atom. The topological polar surface area (TPSA) is 78.4 Å². The number of carbonyl (C=O) groups excluding carboxylic acids is 2. The number of para-hydroxylation sites is 1. The minimum absolute atomic E-state index is 0.127. The van der Waals surface area contributed by atoms with Crippen LogP contribution in [0.4, 0.5) is 5.69 Å². The van der Waals surface area contributed by atoms with Crippen molar-refractivity contribution in [1.29, 1.82) is 0 Å². The summed E-state index contributed by atoms with van der Waals surface area (Å²) in [6, 6.07) is 5.80. The molecule has 0 aliphatic heterocycles. The second kappa shape index (κ2) is 8.29. The van der Waals surface area contributed by atoms with Crippen molar-refractivity contribution in [2.24, 2.45) is 5.92 Å². The van der Waals surface area contributed by atoms with Crippen molar-refractivity contribution in [1.82, 2.24) is 5.32 Å². The summed E-state index contributed by atoms with van der Waals surface area (Å²) >= 11 is 0. The number of hydrogen-bond acceptors (Lipinski definition) is 3. The normalized spacial score (nSPS) is 16.2. The first-order valence-corrected chi connectivity index (χ1v) is 8.77. The van der Waals surface area contributed by atoms with E-state index in [0.717, 1.165) is 36.8 Å². The molecule has 24 heavy (non-hydrogen) atoms. The van der Waals surface area contributed by atoms with Crippen LogP contribution in [-0.4, -0.2) is 29.6 Å². The number of aliphatic hydroxyl groups excluding tert-OH is 1. The molecule has 1 aliphatic rings. The number of benzene rings is 1. The molecule has 1 aliphatic carbocycles. The maximum absolute atomic E-state index is 12.2. The van der Waals surface area contributed by atoms with Gasteiger partial charge < -0.3 is 15.7 Å². The van der Waals surface area contributed by atoms with Gasteiger partial charge in [-0.1, -0.05) is 44.9 Å². The Bertz CT molecular complexity index is 592. The SMILES string of the molecule is Cc1cccc(C(C)C)c1NC(=O)C(=O)NCC(O)C1CCCC1. The van der Waals surface area contributed by atoms with E-state index in [-0.39, 0.29) is 18.4 Å². The van der Waals surface area contributed by atoms with E-state index in [1.807, 2.05) is 39.0 Å². The quantitative estimate of drug-likeness (QED) is 0.726. The van der Waals surface area contributed by atoms with E-state index in [0.29, 0.717) is 5.69 Å². The molecule has 1 saturated carbocycles. The Morgan fingerprint density at radius 3 is 2.50 bits per heavy atom. The van der Waals surface area contributed by atoms with Gasteiger partial charge in [-0.3, -0.25) is 9.59 Å². The number of amides is 2. The van der Waals surface area contributed by atoms with E-state index < -0.39 is 17.9 Å². The van der Waals surface area contributed by atoms with Gasteiger partial charge in [-0.2, -0.15) is 0 Å². The summed E-state index contributed by atoms with van der Waals surface area (Å²) in [5.74, 6) is -0.917. The average Bonchev–Trinajstić information content (AvgIpc) is 3.08. The number of rotatable bonds is 5. The molecule has 1 atom stereocenters. The lowest BCUT2D eigenvalue weighted by atomic mass is 9.98. The molecule has 0 heterocycles. The largest absolute Gasteiger partial charge is 0.391 e. The third-order valence-electron chi connectivity index (χ3n) is 4.79. The Hall–Kier alpha value is -1.88. The van der Waals surface area contributed by atoms with Gasteiger partial charge in [-0.05, 0) is 42.7 Å². The van der Waals surface area contributed by atoms with Crippen LogP contribution in [0.2, 0.25) is 0 Å². The van der Waals surface area contributed by atoms with Gasteiger partial charge in [0.05, 0.1) is 6.10 Å². The zero-order chi connectivity index (χ0) is 17.7. The molecule has 1 aromatic carbocycles. The van der Waals surface area contributed by atoms with Crippen molar-refractivity contribution in [2.75, 3.05) is 11.9 Å². The highest BCUT2D eigenvalue weighted by Crippen LogP contribution is 2.28. The van der Waals surface area contributed by atoms with Crippen LogP contribution in [0.15, 0.2) is 18.2 Å². The van der Waals surface area contributed by atoms with Crippen LogP contribution in [0.1, 0.15) is 56.6 Å². The minimum atomic E-state index is -0.704. The van der Waals surface area contributed by atoms with Gasteiger partial charge in [0.1, 0.15) is 0 Å². The fourth-order valence-corrected chi connectivity index (χ4v) is 3.30. The lowest BCUT2D eigenvalue weighted by Crippen LogP contribution is -2.41. The second-order valence-corrected chi connectivity index (χ2v) is 6.97. The number of aliphatic hydroxyl groups is 1. The second-order valence-electron chi connectivity index (χ2n) is 6.97. The van der Waals surface area contributed by atoms with Crippen LogP contribution in [0.25, 0.3) is 0 Å². The van der Waals surface area contributed by atoms with Crippen LogP contribution in [0.3, 0.4) is 0 Å². The van der Waals surface area contributed by atoms with E-state index in [4.69, 9.17) is 0 Å². The van der Waals surface area contributed by atoms with Crippen molar-refractivity contribution in [2.45, 2.75) is 58.5 Å². The minimum Gasteiger partial charge on any atom is -0.391 e. The van der Waals surface area contributed by atoms with Crippen LogP contribution >= 0.6 is 0 Å². The maximum Gasteiger partial charge on any atom is 0.313 e. The molecule has 132 valence electrons. The van der Waals surface area contributed by atoms with Gasteiger partial charge in [0.2, 0.25) is 0 Å². The highest BCUT2D eigenvalue weighted by atomic mass is 16.3. The van der Waals surface area contributed by atoms with Gasteiger partial charge >= 0.3 is 11.8 Å². The summed E-state index contributed by atoms with van der Waals surface area (Å²) in [4.78, 5) is 24.2. The number of hydrogen-bond donors (Lipinski definition) is 3. The molecule has 0 radical (unpaired) electrons. The maximum atomic E-state index is 12.2. The first-order valence-electron chi connectivity index (χ1n) is 8.77. The molecule has 0 bridgehead atoms. The Labute approximate surface area is 143 Å². The van der Waals surface area contributed by atoms with E-state index in [2.05, 4.69) is 10.6 Å². The van der Waals surface area contributed by atoms with Gasteiger partial charge in [-0.25, -0.2) is 0 Å². The molecule has 5 nitrogen and oxygen atoms in total. The lowest BCUT2D eigenvalue weighted by Gasteiger charge is -2.19. The summed E-state index contributed by atoms with van der Waals surface area (Å²) in [5, 5.41) is 15.4. The summed E-state index contributed by atoms with van der Waals surface area (Å²) in [6.07, 6.45) is 3.66. The highest BCUT2D eigenvalue weighted by molar-refractivity contribution is 6.39. The first kappa shape index (κ1) is 18.5. The summed E-state index contributed by atoms with van der Waals surface area (Å²) < 4.78 is 0. The van der Waals surface area contributed by atoms with Crippen LogP contribution in [0.5, 0.6) is 0 Å². The van der Waals surface area contributed by atoms with Gasteiger partial charge in [0.25, 0.3) is 0 Å². The van der Waals surface area contributed by atoms with Crippen LogP contribution < -0.4 is 10.6 Å². The Kier molecular flexibility index (Phi) is 6.37. The van der Waals surface area contributed by atoms with Gasteiger partial charge in [0, 0.05) is 12.2 Å². The predicted octanol–water partition coefficient (Wildman–Crippen LogP) is 2.72. The summed E-state index contributed by atoms with van der Waals surface area (Å²) in [6.45, 7) is 6.12. The molecule has 1 unspecified atom stereocenters. The van der Waals surface area contributed by atoms with Crippen LogP contribution in [0, 0.1) is 12.8 Å². The molecule has 2 rings (SSSR count). The van der Waals surface area contributed by atoms with Crippen molar-refractivity contribution in [3.8, 4) is 0 Å². The molecule has 1 fully saturated rings. The highest BCUT2D eigenvalue weighted by Gasteiger charge is 2.24. The van der Waals surface area contributed by atoms with E-state index in [9.17, 15) is 14.7 Å². The standard InChI is InChI=1S/C19H28N2O3/c1-12(2)15-10-6-7-13(3)17(15)21-19(24)18(23)20-11-16(22)14-8-4-5-9-14/h6-7,10,12,14,16,22H,4-5,8-9,11H2,1-3H3,(H,20,23)(H,21,24). The van der Waals surface area contributed by atoms with Gasteiger partial charge in [-0.15, -0.1) is 0 Å². The fourth-order valence-electron chi connectivity index (χ4n) is 3.30. The number of nitrogens with one attached hydrogen (secondary N) is 2. The fraction of sp³-hybridized carbons (Fsp3) is 0.579. The zero-order valence-electron chi connectivity index (χ0n) is 14.8. The van der Waals surface area contributed by atoms with Crippen molar-refractivity contribution in [3.05, 3.63) is 29.3 Å². The molecule has 5 heteroatoms. The van der Waals surface area contributed by atoms with Crippen LogP contribution in [-0.2, 0) is 9.59 Å². The molecule has 0 saturated heterocycles. The lowest BCUT2D eigenvalue weighted by molar-refractivity contribution is -0.136. The zero-order valence-corrected chi connectivity index (χ0v) is 14.8. The summed E-state index contributed by atoms with van der Waals surface area (Å²) in [5.41, 5.74) is 2.62. The molecular weight excluding hydrogens is 304 g/mol. The molecular formula is C19H28N2O3. The number of aryl methyl sites for hydroxylation is 1. The summed E-state index contributed by atoms with van der Waals surface area (Å²) in [7, 11) is 0. The van der Waals surface area contributed by atoms with Crippen molar-refractivity contribution < 1.29 is 14.7 Å². The predicted molar refractivity (Wildman–Crippen MR) is 94.9 cm³/mol. The van der Waals surface area contributed by atoms with Gasteiger partial charge in [0.15, 0.2) is 0 Å². The molecule has 2 amide bonds. The first-order chi connectivity index (χ1) is 11.4. The molecule has 0 aromatic heterocycles. The third-order valence-corrected chi connectivity index (χ3v) is 4.79. The average molecular weight is 332 g/mol. The van der Waals surface area contributed by atoms with E-state index in [1.165, 1.54) is 0 Å². The Balaban J connectivity index is 1.93.